The molecule has 1 unspecified atom stereocenters. The van der Waals surface area contributed by atoms with Crippen LogP contribution in [0.2, 0.25) is 0 Å². The van der Waals surface area contributed by atoms with E-state index in [9.17, 15) is 34.8 Å². The Morgan fingerprint density at radius 3 is 2.14 bits per heavy atom. The number of nitrogens with zero attached hydrogens (tertiary/aromatic N) is 2. The number of hydrogen-bond donors (Lipinski definition) is 1. The largest absolute Gasteiger partial charge is 0.416 e. The number of nitrogens with one attached hydrogen (secondary N) is 1. The van der Waals surface area contributed by atoms with Crippen LogP contribution < -0.4 is 5.32 Å². The molecule has 1 atom stereocenters. The number of urea groups is 1. The van der Waals surface area contributed by atoms with Crippen LogP contribution in [-0.2, 0) is 26.0 Å². The maximum absolute atomic E-state index is 12.6. The number of carbonyl (C=O) groups excluding carboxylic acids is 1. The van der Waals surface area contributed by atoms with Gasteiger partial charge in [-0.1, -0.05) is 0 Å². The van der Waals surface area contributed by atoms with E-state index in [2.05, 4.69) is 5.32 Å². The van der Waals surface area contributed by atoms with Crippen molar-refractivity contribution < 1.29 is 34.8 Å². The van der Waals surface area contributed by atoms with E-state index in [0.29, 0.717) is 0 Å². The van der Waals surface area contributed by atoms with Crippen LogP contribution in [0.5, 0.6) is 0 Å². The van der Waals surface area contributed by atoms with E-state index in [4.69, 9.17) is 0 Å². The summed E-state index contributed by atoms with van der Waals surface area (Å²) in [6, 6.07) is 3.44. The Kier molecular flexibility index (Phi) is 5.84. The van der Waals surface area contributed by atoms with E-state index in [-0.39, 0.29) is 49.8 Å². The SMILES string of the molecule is O=C(Nc1ccc(C(F)(F)F)cc1)N1CCN(S(=O)(=O)C2CCS(=O)(=O)C2)CC1. The van der Waals surface area contributed by atoms with Gasteiger partial charge in [-0.15, -0.1) is 0 Å². The lowest BCUT2D eigenvalue weighted by Crippen LogP contribution is -2.53. The molecule has 2 fully saturated rings. The summed E-state index contributed by atoms with van der Waals surface area (Å²) >= 11 is 0. The summed E-state index contributed by atoms with van der Waals surface area (Å²) in [6.45, 7) is 0.231. The zero-order valence-electron chi connectivity index (χ0n) is 15.2. The van der Waals surface area contributed by atoms with Gasteiger partial charge in [-0.25, -0.2) is 21.6 Å². The number of rotatable bonds is 3. The van der Waals surface area contributed by atoms with Gasteiger partial charge in [-0.2, -0.15) is 17.5 Å². The molecule has 2 heterocycles. The Hall–Kier alpha value is -1.86. The summed E-state index contributed by atoms with van der Waals surface area (Å²) < 4.78 is 87.3. The van der Waals surface area contributed by atoms with Crippen molar-refractivity contribution in [2.45, 2.75) is 17.8 Å². The van der Waals surface area contributed by atoms with Gasteiger partial charge in [0.15, 0.2) is 9.84 Å². The standard InChI is InChI=1S/C16H20F3N3O5S2/c17-16(18,19)12-1-3-13(4-2-12)20-15(23)21-6-8-22(9-7-21)29(26,27)14-5-10-28(24,25)11-14/h1-4,14H,5-11H2,(H,20,23). The second-order valence-corrected chi connectivity index (χ2v) is 11.4. The molecule has 0 spiro atoms. The highest BCUT2D eigenvalue weighted by molar-refractivity contribution is 7.95. The quantitative estimate of drug-likeness (QED) is 0.742. The molecule has 2 aliphatic rings. The molecule has 3 rings (SSSR count). The first-order chi connectivity index (χ1) is 13.4. The summed E-state index contributed by atoms with van der Waals surface area (Å²) in [5.41, 5.74) is -0.641. The van der Waals surface area contributed by atoms with E-state index >= 15 is 0 Å². The molecule has 29 heavy (non-hydrogen) atoms. The minimum absolute atomic E-state index is 0.0271. The molecule has 0 saturated carbocycles. The third-order valence-corrected chi connectivity index (χ3v) is 9.27. The molecule has 13 heteroatoms. The van der Waals surface area contributed by atoms with Crippen LogP contribution in [0.4, 0.5) is 23.7 Å². The molecule has 1 N–H and O–H groups in total. The molecule has 8 nitrogen and oxygen atoms in total. The van der Waals surface area contributed by atoms with Gasteiger partial charge in [0, 0.05) is 31.9 Å². The van der Waals surface area contributed by atoms with Crippen molar-refractivity contribution in [3.05, 3.63) is 29.8 Å². The molecule has 2 aliphatic heterocycles. The highest BCUT2D eigenvalue weighted by atomic mass is 32.2. The maximum atomic E-state index is 12.6. The molecule has 162 valence electrons. The van der Waals surface area contributed by atoms with Crippen LogP contribution >= 0.6 is 0 Å². The smallest absolute Gasteiger partial charge is 0.322 e. The molecule has 1 aromatic carbocycles. The van der Waals surface area contributed by atoms with Crippen molar-refractivity contribution in [3.8, 4) is 0 Å². The van der Waals surface area contributed by atoms with E-state index in [1.54, 1.807) is 0 Å². The molecule has 0 aromatic heterocycles. The number of hydrogen-bond acceptors (Lipinski definition) is 5. The average molecular weight is 455 g/mol. The summed E-state index contributed by atoms with van der Waals surface area (Å²) in [5.74, 6) is -0.531. The van der Waals surface area contributed by atoms with Gasteiger partial charge in [0.05, 0.1) is 22.3 Å². The summed E-state index contributed by atoms with van der Waals surface area (Å²) in [7, 11) is -7.11. The number of sulfonamides is 1. The summed E-state index contributed by atoms with van der Waals surface area (Å²) in [5, 5.41) is 1.52. The molecule has 1 aromatic rings. The first kappa shape index (κ1) is 21.8. The van der Waals surface area contributed by atoms with Crippen LogP contribution in [0.15, 0.2) is 24.3 Å². The van der Waals surface area contributed by atoms with Gasteiger partial charge in [-0.3, -0.25) is 0 Å². The van der Waals surface area contributed by atoms with E-state index < -0.39 is 42.9 Å². The van der Waals surface area contributed by atoms with Crippen molar-refractivity contribution in [1.82, 2.24) is 9.21 Å². The number of sulfone groups is 1. The van der Waals surface area contributed by atoms with Crippen LogP contribution in [0.3, 0.4) is 0 Å². The number of alkyl halides is 3. The van der Waals surface area contributed by atoms with Gasteiger partial charge in [0.1, 0.15) is 0 Å². The molecular weight excluding hydrogens is 435 g/mol. The Labute approximate surface area is 166 Å². The lowest BCUT2D eigenvalue weighted by Gasteiger charge is -2.35. The molecule has 0 aliphatic carbocycles. The molecule has 0 bridgehead atoms. The molecule has 2 saturated heterocycles. The lowest BCUT2D eigenvalue weighted by atomic mass is 10.2. The van der Waals surface area contributed by atoms with Crippen LogP contribution in [-0.4, -0.2) is 75.0 Å². The van der Waals surface area contributed by atoms with Crippen molar-refractivity contribution in [2.75, 3.05) is 43.0 Å². The Bertz CT molecular complexity index is 970. The highest BCUT2D eigenvalue weighted by Crippen LogP contribution is 2.30. The number of benzene rings is 1. The lowest BCUT2D eigenvalue weighted by molar-refractivity contribution is -0.137. The molecule has 2 amide bonds. The number of halogens is 3. The second kappa shape index (κ2) is 7.76. The minimum Gasteiger partial charge on any atom is -0.322 e. The Morgan fingerprint density at radius 2 is 1.66 bits per heavy atom. The topological polar surface area (TPSA) is 104 Å². The Morgan fingerprint density at radius 1 is 1.07 bits per heavy atom. The van der Waals surface area contributed by atoms with Crippen molar-refractivity contribution in [3.63, 3.8) is 0 Å². The maximum Gasteiger partial charge on any atom is 0.416 e. The second-order valence-electron chi connectivity index (χ2n) is 6.96. The van der Waals surface area contributed by atoms with Gasteiger partial charge < -0.3 is 10.2 Å². The van der Waals surface area contributed by atoms with Gasteiger partial charge in [0.2, 0.25) is 10.0 Å². The summed E-state index contributed by atoms with van der Waals surface area (Å²) in [6.07, 6.45) is -4.40. The molecular formula is C16H20F3N3O5S2. The first-order valence-electron chi connectivity index (χ1n) is 8.81. The predicted octanol–water partition coefficient (Wildman–Crippen LogP) is 1.37. The zero-order valence-corrected chi connectivity index (χ0v) is 16.9. The third kappa shape index (κ3) is 5.01. The fourth-order valence-electron chi connectivity index (χ4n) is 3.30. The number of anilines is 1. The zero-order chi connectivity index (χ0) is 21.4. The van der Waals surface area contributed by atoms with E-state index in [0.717, 1.165) is 24.3 Å². The van der Waals surface area contributed by atoms with Gasteiger partial charge >= 0.3 is 12.2 Å². The van der Waals surface area contributed by atoms with Crippen molar-refractivity contribution >= 4 is 31.6 Å². The van der Waals surface area contributed by atoms with Crippen molar-refractivity contribution in [2.24, 2.45) is 0 Å². The number of carbonyl (C=O) groups is 1. The van der Waals surface area contributed by atoms with Crippen LogP contribution in [0.25, 0.3) is 0 Å². The average Bonchev–Trinajstić information content (AvgIpc) is 3.02. The first-order valence-corrected chi connectivity index (χ1v) is 12.1. The predicted molar refractivity (Wildman–Crippen MR) is 99.6 cm³/mol. The highest BCUT2D eigenvalue weighted by Gasteiger charge is 2.41. The van der Waals surface area contributed by atoms with E-state index in [1.807, 2.05) is 0 Å². The summed E-state index contributed by atoms with van der Waals surface area (Å²) in [4.78, 5) is 13.6. The van der Waals surface area contributed by atoms with Gasteiger partial charge in [0.25, 0.3) is 0 Å². The van der Waals surface area contributed by atoms with Gasteiger partial charge in [-0.05, 0) is 30.7 Å². The number of piperazine rings is 1. The molecule has 0 radical (unpaired) electrons. The van der Waals surface area contributed by atoms with Crippen LogP contribution in [0.1, 0.15) is 12.0 Å². The fourth-order valence-corrected chi connectivity index (χ4v) is 7.81. The van der Waals surface area contributed by atoms with Crippen molar-refractivity contribution in [1.29, 1.82) is 0 Å². The normalized spacial score (nSPS) is 23.1. The van der Waals surface area contributed by atoms with E-state index in [1.165, 1.54) is 9.21 Å². The number of amides is 2. The Balaban J connectivity index is 1.56. The monoisotopic (exact) mass is 455 g/mol. The minimum atomic E-state index is -4.47. The fraction of sp³-hybridized carbons (Fsp3) is 0.562. The van der Waals surface area contributed by atoms with Crippen LogP contribution in [0, 0.1) is 0 Å². The third-order valence-electron chi connectivity index (χ3n) is 4.96.